The number of piperidine rings is 1. The molecule has 1 aliphatic rings. The van der Waals surface area contributed by atoms with Crippen molar-refractivity contribution in [2.75, 3.05) is 24.6 Å². The highest BCUT2D eigenvalue weighted by atomic mass is 16.5. The van der Waals surface area contributed by atoms with E-state index in [1.54, 1.807) is 31.2 Å². The van der Waals surface area contributed by atoms with Gasteiger partial charge in [-0.1, -0.05) is 60.7 Å². The second-order valence-electron chi connectivity index (χ2n) is 7.94. The number of hydrogen-bond donors (Lipinski definition) is 0. The molecule has 1 atom stereocenters. The zero-order valence-electron chi connectivity index (χ0n) is 18.3. The van der Waals surface area contributed by atoms with Crippen LogP contribution in [0.25, 0.3) is 0 Å². The summed E-state index contributed by atoms with van der Waals surface area (Å²) in [7, 11) is 0. The summed E-state index contributed by atoms with van der Waals surface area (Å²) >= 11 is 0. The van der Waals surface area contributed by atoms with Crippen LogP contribution in [0, 0.1) is 0 Å². The Labute approximate surface area is 188 Å². The SMILES string of the molecule is CCOC(=O)C(C(=O)c1nc(Cc2ccccc2)c(N2CCCCC2)o1)c1ccccc1. The fourth-order valence-corrected chi connectivity index (χ4v) is 4.09. The van der Waals surface area contributed by atoms with Gasteiger partial charge in [0, 0.05) is 19.5 Å². The van der Waals surface area contributed by atoms with Gasteiger partial charge in [0.05, 0.1) is 6.61 Å². The van der Waals surface area contributed by atoms with Crippen LogP contribution in [-0.2, 0) is 16.0 Å². The van der Waals surface area contributed by atoms with Crippen molar-refractivity contribution >= 4 is 17.6 Å². The maximum Gasteiger partial charge on any atom is 0.321 e. The molecule has 0 radical (unpaired) electrons. The molecular weight excluding hydrogens is 404 g/mol. The van der Waals surface area contributed by atoms with Gasteiger partial charge < -0.3 is 14.1 Å². The third-order valence-corrected chi connectivity index (χ3v) is 5.66. The molecule has 1 aromatic heterocycles. The van der Waals surface area contributed by atoms with Gasteiger partial charge >= 0.3 is 5.97 Å². The van der Waals surface area contributed by atoms with Gasteiger partial charge in [-0.05, 0) is 37.3 Å². The first-order valence-corrected chi connectivity index (χ1v) is 11.2. The van der Waals surface area contributed by atoms with Crippen LogP contribution in [0.3, 0.4) is 0 Å². The minimum atomic E-state index is -1.10. The summed E-state index contributed by atoms with van der Waals surface area (Å²) in [6.07, 6.45) is 3.89. The first-order valence-electron chi connectivity index (χ1n) is 11.2. The number of rotatable bonds is 8. The van der Waals surface area contributed by atoms with Gasteiger partial charge in [0.15, 0.2) is 0 Å². The number of ketones is 1. The summed E-state index contributed by atoms with van der Waals surface area (Å²) in [6, 6.07) is 18.9. The molecule has 0 amide bonds. The maximum absolute atomic E-state index is 13.5. The summed E-state index contributed by atoms with van der Waals surface area (Å²) in [5.74, 6) is -1.59. The average molecular weight is 433 g/mol. The lowest BCUT2D eigenvalue weighted by Gasteiger charge is -2.26. The number of oxazole rings is 1. The molecule has 6 heteroatoms. The molecule has 0 aliphatic carbocycles. The predicted molar refractivity (Wildman–Crippen MR) is 122 cm³/mol. The highest BCUT2D eigenvalue weighted by Gasteiger charge is 2.35. The molecule has 32 heavy (non-hydrogen) atoms. The molecule has 0 spiro atoms. The van der Waals surface area contributed by atoms with Crippen molar-refractivity contribution in [2.24, 2.45) is 0 Å². The molecule has 1 fully saturated rings. The standard InChI is InChI=1S/C26H28N2O4/c1-2-31-26(30)22(20-14-8-4-9-15-20)23(29)24-27-21(18-19-12-6-3-7-13-19)25(32-24)28-16-10-5-11-17-28/h3-4,6-9,12-15,22H,2,5,10-11,16-18H2,1H3. The molecule has 1 aliphatic heterocycles. The smallest absolute Gasteiger partial charge is 0.321 e. The molecule has 0 bridgehead atoms. The minimum absolute atomic E-state index is 0.0431. The molecule has 1 unspecified atom stereocenters. The summed E-state index contributed by atoms with van der Waals surface area (Å²) in [6.45, 7) is 3.65. The third-order valence-electron chi connectivity index (χ3n) is 5.66. The van der Waals surface area contributed by atoms with Crippen molar-refractivity contribution in [1.82, 2.24) is 4.98 Å². The first kappa shape index (κ1) is 21.8. The lowest BCUT2D eigenvalue weighted by atomic mass is 9.94. The Morgan fingerprint density at radius 1 is 1.00 bits per heavy atom. The summed E-state index contributed by atoms with van der Waals surface area (Å²) in [4.78, 5) is 33.0. The van der Waals surface area contributed by atoms with Crippen LogP contribution < -0.4 is 4.90 Å². The lowest BCUT2D eigenvalue weighted by Crippen LogP contribution is -2.29. The van der Waals surface area contributed by atoms with Crippen LogP contribution in [0.2, 0.25) is 0 Å². The van der Waals surface area contributed by atoms with Crippen molar-refractivity contribution in [3.63, 3.8) is 0 Å². The van der Waals surface area contributed by atoms with E-state index in [4.69, 9.17) is 9.15 Å². The fraction of sp³-hybridized carbons (Fsp3) is 0.346. The average Bonchev–Trinajstić information content (AvgIpc) is 3.25. The van der Waals surface area contributed by atoms with E-state index >= 15 is 0 Å². The number of anilines is 1. The van der Waals surface area contributed by atoms with E-state index in [0.717, 1.165) is 37.2 Å². The number of carbonyl (C=O) groups is 2. The van der Waals surface area contributed by atoms with E-state index in [-0.39, 0.29) is 12.5 Å². The van der Waals surface area contributed by atoms with Crippen molar-refractivity contribution in [3.05, 3.63) is 83.4 Å². The Kier molecular flexibility index (Phi) is 7.00. The largest absolute Gasteiger partial charge is 0.465 e. The highest BCUT2D eigenvalue weighted by molar-refractivity contribution is 6.11. The Morgan fingerprint density at radius 2 is 1.66 bits per heavy atom. The number of Topliss-reactive ketones (excluding diaryl/α,β-unsaturated/α-hetero) is 1. The van der Waals surface area contributed by atoms with Crippen LogP contribution in [0.4, 0.5) is 5.88 Å². The quantitative estimate of drug-likeness (QED) is 0.290. The van der Waals surface area contributed by atoms with Crippen LogP contribution in [0.15, 0.2) is 65.1 Å². The van der Waals surface area contributed by atoms with E-state index in [1.165, 1.54) is 6.42 Å². The molecule has 1 saturated heterocycles. The van der Waals surface area contributed by atoms with Crippen molar-refractivity contribution in [1.29, 1.82) is 0 Å². The summed E-state index contributed by atoms with van der Waals surface area (Å²) in [5, 5.41) is 0. The number of nitrogens with zero attached hydrogens (tertiary/aromatic N) is 2. The highest BCUT2D eigenvalue weighted by Crippen LogP contribution is 2.30. The number of esters is 1. The Hall–Kier alpha value is -3.41. The van der Waals surface area contributed by atoms with E-state index in [0.29, 0.717) is 17.9 Å². The number of aromatic nitrogens is 1. The monoisotopic (exact) mass is 432 g/mol. The molecule has 166 valence electrons. The number of benzene rings is 2. The molecule has 6 nitrogen and oxygen atoms in total. The maximum atomic E-state index is 13.5. The number of hydrogen-bond acceptors (Lipinski definition) is 6. The second kappa shape index (κ2) is 10.3. The van der Waals surface area contributed by atoms with Gasteiger partial charge in [0.1, 0.15) is 11.6 Å². The minimum Gasteiger partial charge on any atom is -0.465 e. The van der Waals surface area contributed by atoms with Crippen LogP contribution >= 0.6 is 0 Å². The van der Waals surface area contributed by atoms with E-state index < -0.39 is 17.7 Å². The molecule has 2 aromatic carbocycles. The van der Waals surface area contributed by atoms with Crippen molar-refractivity contribution < 1.29 is 18.7 Å². The van der Waals surface area contributed by atoms with Gasteiger partial charge in [-0.15, -0.1) is 0 Å². The van der Waals surface area contributed by atoms with Gasteiger partial charge in [0.25, 0.3) is 5.89 Å². The Morgan fingerprint density at radius 3 is 2.31 bits per heavy atom. The van der Waals surface area contributed by atoms with Crippen LogP contribution in [0.1, 0.15) is 59.6 Å². The lowest BCUT2D eigenvalue weighted by molar-refractivity contribution is -0.143. The second-order valence-corrected chi connectivity index (χ2v) is 7.94. The summed E-state index contributed by atoms with van der Waals surface area (Å²) in [5.41, 5.74) is 2.37. The topological polar surface area (TPSA) is 72.6 Å². The molecule has 3 aromatic rings. The van der Waals surface area contributed by atoms with Crippen molar-refractivity contribution in [3.8, 4) is 0 Å². The summed E-state index contributed by atoms with van der Waals surface area (Å²) < 4.78 is 11.3. The molecule has 0 saturated carbocycles. The Bertz CT molecular complexity index is 1040. The fourth-order valence-electron chi connectivity index (χ4n) is 4.09. The molecule has 2 heterocycles. The Balaban J connectivity index is 1.70. The first-order chi connectivity index (χ1) is 15.7. The zero-order chi connectivity index (χ0) is 22.3. The molecule has 0 N–H and O–H groups in total. The zero-order valence-corrected chi connectivity index (χ0v) is 18.3. The number of carbonyl (C=O) groups excluding carboxylic acids is 2. The van der Waals surface area contributed by atoms with Gasteiger partial charge in [-0.3, -0.25) is 9.59 Å². The van der Waals surface area contributed by atoms with Gasteiger partial charge in [-0.2, -0.15) is 0 Å². The van der Waals surface area contributed by atoms with E-state index in [2.05, 4.69) is 9.88 Å². The van der Waals surface area contributed by atoms with Gasteiger partial charge in [-0.25, -0.2) is 4.98 Å². The van der Waals surface area contributed by atoms with E-state index in [9.17, 15) is 9.59 Å². The van der Waals surface area contributed by atoms with Gasteiger partial charge in [0.2, 0.25) is 11.7 Å². The van der Waals surface area contributed by atoms with E-state index in [1.807, 2.05) is 36.4 Å². The van der Waals surface area contributed by atoms with Crippen LogP contribution in [-0.4, -0.2) is 36.4 Å². The number of ether oxygens (including phenoxy) is 1. The molecular formula is C26H28N2O4. The third kappa shape index (κ3) is 4.90. The normalized spacial score (nSPS) is 14.7. The van der Waals surface area contributed by atoms with Crippen molar-refractivity contribution in [2.45, 2.75) is 38.5 Å². The molecule has 4 rings (SSSR count). The predicted octanol–water partition coefficient (Wildman–Crippen LogP) is 4.79. The van der Waals surface area contributed by atoms with Crippen LogP contribution in [0.5, 0.6) is 0 Å².